The normalized spacial score (nSPS) is 6.70. The van der Waals surface area contributed by atoms with Crippen LogP contribution in [0.1, 0.15) is 19.4 Å². The van der Waals surface area contributed by atoms with Gasteiger partial charge in [-0.2, -0.15) is 0 Å². The Balaban J connectivity index is 0. The van der Waals surface area contributed by atoms with Crippen molar-refractivity contribution in [1.29, 1.82) is 0 Å². The van der Waals surface area contributed by atoms with Gasteiger partial charge in [0.05, 0.1) is 0 Å². The quantitative estimate of drug-likeness (QED) is 0.527. The topological polar surface area (TPSA) is 33.5 Å². The van der Waals surface area contributed by atoms with E-state index in [1.54, 1.807) is 0 Å². The summed E-state index contributed by atoms with van der Waals surface area (Å²) in [6.45, 7) is 6.05. The van der Waals surface area contributed by atoms with Crippen molar-refractivity contribution in [2.45, 2.75) is 20.8 Å². The van der Waals surface area contributed by atoms with Crippen molar-refractivity contribution < 1.29 is 0 Å². The number of hydrogen-bond donors (Lipinski definition) is 0. The lowest BCUT2D eigenvalue weighted by atomic mass is 10.2. The average Bonchev–Trinajstić information content (AvgIpc) is 1.94. The number of nitrogens with two attached hydrogens (primary N) is 1. The zero-order chi connectivity index (χ0) is 7.11. The molecule has 0 aliphatic carbocycles. The van der Waals surface area contributed by atoms with Crippen LogP contribution in [-0.4, -0.2) is 0 Å². The summed E-state index contributed by atoms with van der Waals surface area (Å²) in [6, 6.07) is 10.8. The summed E-state index contributed by atoms with van der Waals surface area (Å²) < 4.78 is 0. The molecule has 1 rings (SSSR count). The molecule has 0 unspecified atom stereocenters. The van der Waals surface area contributed by atoms with Crippen LogP contribution in [0.5, 0.6) is 0 Å². The van der Waals surface area contributed by atoms with Crippen molar-refractivity contribution >= 4 is 0 Å². The smallest absolute Gasteiger partial charge is 0.0181 e. The SMILES string of the molecule is CC.Cc1c[c]ccc1.[NH2]. The molecule has 10 heavy (non-hydrogen) atoms. The summed E-state index contributed by atoms with van der Waals surface area (Å²) in [6.07, 6.45) is 0. The highest BCUT2D eigenvalue weighted by molar-refractivity contribution is 5.10. The van der Waals surface area contributed by atoms with Crippen molar-refractivity contribution in [3.8, 4) is 0 Å². The Hall–Kier alpha value is -0.820. The van der Waals surface area contributed by atoms with Gasteiger partial charge < -0.3 is 0 Å². The Kier molecular flexibility index (Phi) is 9.75. The third kappa shape index (κ3) is 5.32. The fourth-order valence-electron chi connectivity index (χ4n) is 0.483. The maximum atomic E-state index is 2.96. The van der Waals surface area contributed by atoms with E-state index in [0.29, 0.717) is 0 Å². The summed E-state index contributed by atoms with van der Waals surface area (Å²) in [5, 5.41) is 0. The zero-order valence-electron chi connectivity index (χ0n) is 6.89. The van der Waals surface area contributed by atoms with E-state index >= 15 is 0 Å². The van der Waals surface area contributed by atoms with Crippen LogP contribution >= 0.6 is 0 Å². The number of benzene rings is 1. The zero-order valence-corrected chi connectivity index (χ0v) is 6.89. The molecule has 2 radical (unpaired) electrons. The summed E-state index contributed by atoms with van der Waals surface area (Å²) in [7, 11) is 0. The lowest BCUT2D eigenvalue weighted by molar-refractivity contribution is 1.47. The van der Waals surface area contributed by atoms with Gasteiger partial charge in [0.1, 0.15) is 0 Å². The molecule has 1 nitrogen and oxygen atoms in total. The van der Waals surface area contributed by atoms with E-state index in [1.807, 2.05) is 32.0 Å². The van der Waals surface area contributed by atoms with Gasteiger partial charge in [-0.15, -0.1) is 0 Å². The molecule has 0 bridgehead atoms. The van der Waals surface area contributed by atoms with Gasteiger partial charge in [-0.3, -0.25) is 6.15 Å². The summed E-state index contributed by atoms with van der Waals surface area (Å²) in [4.78, 5) is 0. The van der Waals surface area contributed by atoms with Crippen LogP contribution in [0, 0.1) is 13.0 Å². The van der Waals surface area contributed by atoms with Gasteiger partial charge in [0.15, 0.2) is 0 Å². The molecule has 0 atom stereocenters. The Morgan fingerprint density at radius 1 is 1.30 bits per heavy atom. The third-order valence-electron chi connectivity index (χ3n) is 0.863. The van der Waals surface area contributed by atoms with Crippen LogP contribution in [0.15, 0.2) is 24.3 Å². The second-order valence-corrected chi connectivity index (χ2v) is 1.58. The van der Waals surface area contributed by atoms with E-state index in [-0.39, 0.29) is 6.15 Å². The molecule has 1 aromatic rings. The molecule has 0 fully saturated rings. The van der Waals surface area contributed by atoms with Gasteiger partial charge in [0.25, 0.3) is 0 Å². The van der Waals surface area contributed by atoms with Crippen LogP contribution in [0.2, 0.25) is 0 Å². The lowest BCUT2D eigenvalue weighted by Crippen LogP contribution is -1.63. The Morgan fingerprint density at radius 2 is 1.90 bits per heavy atom. The molecule has 1 heteroatoms. The first-order valence-corrected chi connectivity index (χ1v) is 3.32. The molecule has 0 heterocycles. The predicted molar refractivity (Wildman–Crippen MR) is 45.4 cm³/mol. The second-order valence-electron chi connectivity index (χ2n) is 1.58. The minimum atomic E-state index is 0. The van der Waals surface area contributed by atoms with Gasteiger partial charge in [-0.25, -0.2) is 0 Å². The first kappa shape index (κ1) is 11.9. The van der Waals surface area contributed by atoms with Gasteiger partial charge >= 0.3 is 0 Å². The summed E-state index contributed by atoms with van der Waals surface area (Å²) >= 11 is 0. The predicted octanol–water partition coefficient (Wildman–Crippen LogP) is 2.77. The van der Waals surface area contributed by atoms with E-state index < -0.39 is 0 Å². The van der Waals surface area contributed by atoms with Crippen molar-refractivity contribution in [2.75, 3.05) is 0 Å². The third-order valence-corrected chi connectivity index (χ3v) is 0.863. The van der Waals surface area contributed by atoms with E-state index in [2.05, 4.69) is 19.1 Å². The highest BCUT2D eigenvalue weighted by atomic mass is 14.0. The van der Waals surface area contributed by atoms with Gasteiger partial charge in [0, 0.05) is 0 Å². The minimum absolute atomic E-state index is 0. The maximum absolute atomic E-state index is 2.96. The number of aryl methyl sites for hydroxylation is 1. The molecule has 0 amide bonds. The Bertz CT molecular complexity index is 135. The fourth-order valence-corrected chi connectivity index (χ4v) is 0.483. The van der Waals surface area contributed by atoms with Crippen LogP contribution in [0.4, 0.5) is 0 Å². The largest absolute Gasteiger partial charge is 0.274 e. The molecule has 56 valence electrons. The Morgan fingerprint density at radius 3 is 2.10 bits per heavy atom. The molecule has 0 aliphatic rings. The highest BCUT2D eigenvalue weighted by Gasteiger charge is 1.72. The fraction of sp³-hybridized carbons (Fsp3) is 0.333. The van der Waals surface area contributed by atoms with E-state index in [4.69, 9.17) is 0 Å². The van der Waals surface area contributed by atoms with Crippen LogP contribution < -0.4 is 6.15 Å². The van der Waals surface area contributed by atoms with Crippen molar-refractivity contribution in [3.05, 3.63) is 35.9 Å². The highest BCUT2D eigenvalue weighted by Crippen LogP contribution is 1.91. The monoisotopic (exact) mass is 137 g/mol. The summed E-state index contributed by atoms with van der Waals surface area (Å²) in [5.74, 6) is 0. The van der Waals surface area contributed by atoms with Crippen LogP contribution in [0.25, 0.3) is 0 Å². The molecule has 2 N–H and O–H groups in total. The van der Waals surface area contributed by atoms with E-state index in [9.17, 15) is 0 Å². The van der Waals surface area contributed by atoms with Crippen LogP contribution in [-0.2, 0) is 0 Å². The first-order valence-electron chi connectivity index (χ1n) is 3.32. The lowest BCUT2D eigenvalue weighted by Gasteiger charge is -1.82. The van der Waals surface area contributed by atoms with Gasteiger partial charge in [0.2, 0.25) is 0 Å². The second kappa shape index (κ2) is 8.18. The van der Waals surface area contributed by atoms with Crippen LogP contribution in [0.3, 0.4) is 0 Å². The maximum Gasteiger partial charge on any atom is -0.0181 e. The number of hydrogen-bond acceptors (Lipinski definition) is 0. The molecular weight excluding hydrogens is 122 g/mol. The molecule has 0 spiro atoms. The molecular formula is C9H15N. The molecule has 0 aromatic heterocycles. The van der Waals surface area contributed by atoms with Gasteiger partial charge in [-0.1, -0.05) is 43.7 Å². The molecule has 0 aliphatic heterocycles. The molecule has 0 saturated carbocycles. The van der Waals surface area contributed by atoms with E-state index in [0.717, 1.165) is 0 Å². The van der Waals surface area contributed by atoms with Crippen molar-refractivity contribution in [1.82, 2.24) is 6.15 Å². The Labute approximate surface area is 63.7 Å². The number of rotatable bonds is 0. The molecule has 0 saturated heterocycles. The standard InChI is InChI=1S/C7H7.C2H6.H2N/c1-7-5-3-2-4-6-7;1-2;/h2-3,5-6H,1H3;1-2H3;1H2. The first-order chi connectivity index (χ1) is 4.39. The average molecular weight is 137 g/mol. The van der Waals surface area contributed by atoms with Crippen molar-refractivity contribution in [2.24, 2.45) is 0 Å². The summed E-state index contributed by atoms with van der Waals surface area (Å²) in [5.41, 5.74) is 1.27. The van der Waals surface area contributed by atoms with E-state index in [1.165, 1.54) is 5.56 Å². The van der Waals surface area contributed by atoms with Gasteiger partial charge in [-0.05, 0) is 13.0 Å². The van der Waals surface area contributed by atoms with Crippen molar-refractivity contribution in [3.63, 3.8) is 0 Å². The molecule has 1 aromatic carbocycles. The minimum Gasteiger partial charge on any atom is -0.274 e.